The van der Waals surface area contributed by atoms with E-state index in [1.165, 1.54) is 12.8 Å². The van der Waals surface area contributed by atoms with E-state index in [4.69, 9.17) is 0 Å². The molecule has 1 saturated carbocycles. The Bertz CT molecular complexity index is 514. The van der Waals surface area contributed by atoms with Gasteiger partial charge in [-0.3, -0.25) is 0 Å². The smallest absolute Gasteiger partial charge is 0.124 e. The van der Waals surface area contributed by atoms with Crippen LogP contribution in [0.4, 0.5) is 0 Å². The van der Waals surface area contributed by atoms with Crippen LogP contribution in [-0.2, 0) is 11.2 Å². The molecule has 76 valence electrons. The highest BCUT2D eigenvalue weighted by Crippen LogP contribution is 2.36. The van der Waals surface area contributed by atoms with Gasteiger partial charge in [0, 0.05) is 6.42 Å². The van der Waals surface area contributed by atoms with Gasteiger partial charge < -0.3 is 4.79 Å². The van der Waals surface area contributed by atoms with E-state index in [2.05, 4.69) is 10.3 Å². The van der Waals surface area contributed by atoms with Gasteiger partial charge >= 0.3 is 0 Å². The zero-order chi connectivity index (χ0) is 10.3. The van der Waals surface area contributed by atoms with Crippen LogP contribution in [0, 0.1) is 0 Å². The zero-order valence-electron chi connectivity index (χ0n) is 8.26. The lowest BCUT2D eigenvalue weighted by Crippen LogP contribution is -1.95. The van der Waals surface area contributed by atoms with Crippen molar-refractivity contribution in [3.05, 3.63) is 23.8 Å². The first kappa shape index (κ1) is 8.59. The van der Waals surface area contributed by atoms with Crippen molar-refractivity contribution >= 4 is 17.3 Å². The molecule has 15 heavy (non-hydrogen) atoms. The number of fused-ring (bicyclic) bond motifs is 1. The van der Waals surface area contributed by atoms with Gasteiger partial charge in [0.1, 0.15) is 11.8 Å². The van der Waals surface area contributed by atoms with Gasteiger partial charge in [0.25, 0.3) is 0 Å². The highest BCUT2D eigenvalue weighted by Gasteiger charge is 2.26. The van der Waals surface area contributed by atoms with Gasteiger partial charge in [-0.2, -0.15) is 0 Å². The van der Waals surface area contributed by atoms with Gasteiger partial charge in [-0.25, -0.2) is 4.68 Å². The molecule has 2 aromatic rings. The van der Waals surface area contributed by atoms with Gasteiger partial charge in [0.05, 0.1) is 11.6 Å². The number of carbonyl (C=O) groups is 1. The van der Waals surface area contributed by atoms with E-state index in [0.29, 0.717) is 12.5 Å². The van der Waals surface area contributed by atoms with Crippen LogP contribution >= 0.6 is 0 Å². The lowest BCUT2D eigenvalue weighted by atomic mass is 10.1. The molecule has 1 aromatic carbocycles. The predicted octanol–water partition coefficient (Wildman–Crippen LogP) is 1.51. The largest absolute Gasteiger partial charge is 0.303 e. The molecule has 0 aliphatic heterocycles. The summed E-state index contributed by atoms with van der Waals surface area (Å²) in [5, 5.41) is 8.26. The van der Waals surface area contributed by atoms with Crippen molar-refractivity contribution in [3.63, 3.8) is 0 Å². The topological polar surface area (TPSA) is 47.8 Å². The zero-order valence-corrected chi connectivity index (χ0v) is 8.26. The van der Waals surface area contributed by atoms with Crippen molar-refractivity contribution in [1.82, 2.24) is 15.0 Å². The summed E-state index contributed by atoms with van der Waals surface area (Å²) in [5.41, 5.74) is 2.97. The van der Waals surface area contributed by atoms with E-state index in [1.807, 2.05) is 22.9 Å². The third-order valence-electron chi connectivity index (χ3n) is 2.75. The first-order valence-corrected chi connectivity index (χ1v) is 5.16. The Balaban J connectivity index is 2.09. The SMILES string of the molecule is O=CCc1ccc2c(c1)nnn2C1CC1. The maximum atomic E-state index is 10.4. The molecule has 3 rings (SSSR count). The van der Waals surface area contributed by atoms with E-state index < -0.39 is 0 Å². The molecule has 0 N–H and O–H groups in total. The van der Waals surface area contributed by atoms with Gasteiger partial charge in [-0.1, -0.05) is 11.3 Å². The summed E-state index contributed by atoms with van der Waals surface area (Å²) < 4.78 is 1.99. The Hall–Kier alpha value is -1.71. The summed E-state index contributed by atoms with van der Waals surface area (Å²) in [6, 6.07) is 6.47. The molecule has 1 aliphatic rings. The molecule has 0 amide bonds. The molecule has 0 spiro atoms. The highest BCUT2D eigenvalue weighted by molar-refractivity contribution is 5.76. The summed E-state index contributed by atoms with van der Waals surface area (Å²) in [6.07, 6.45) is 3.77. The fourth-order valence-electron chi connectivity index (χ4n) is 1.80. The normalized spacial score (nSPS) is 15.7. The lowest BCUT2D eigenvalue weighted by molar-refractivity contribution is -0.107. The minimum Gasteiger partial charge on any atom is -0.303 e. The average Bonchev–Trinajstić information content (AvgIpc) is 3.00. The number of rotatable bonds is 3. The molecule has 1 aliphatic carbocycles. The van der Waals surface area contributed by atoms with Crippen molar-refractivity contribution in [1.29, 1.82) is 0 Å². The number of carbonyl (C=O) groups excluding carboxylic acids is 1. The van der Waals surface area contributed by atoms with Crippen LogP contribution in [0.5, 0.6) is 0 Å². The molecule has 1 heterocycles. The quantitative estimate of drug-likeness (QED) is 0.707. The Kier molecular flexibility index (Phi) is 1.80. The fraction of sp³-hybridized carbons (Fsp3) is 0.364. The van der Waals surface area contributed by atoms with E-state index >= 15 is 0 Å². The monoisotopic (exact) mass is 201 g/mol. The van der Waals surface area contributed by atoms with Crippen LogP contribution in [0.3, 0.4) is 0 Å². The Morgan fingerprint density at radius 2 is 2.33 bits per heavy atom. The number of hydrogen-bond acceptors (Lipinski definition) is 3. The molecule has 0 unspecified atom stereocenters. The fourth-order valence-corrected chi connectivity index (χ4v) is 1.80. The summed E-state index contributed by atoms with van der Waals surface area (Å²) in [7, 11) is 0. The van der Waals surface area contributed by atoms with Crippen LogP contribution in [0.15, 0.2) is 18.2 Å². The molecular formula is C11H11N3O. The van der Waals surface area contributed by atoms with Gasteiger partial charge in [0.2, 0.25) is 0 Å². The molecule has 1 fully saturated rings. The molecule has 0 atom stereocenters. The molecule has 0 radical (unpaired) electrons. The van der Waals surface area contributed by atoms with Crippen LogP contribution in [0.25, 0.3) is 11.0 Å². The summed E-state index contributed by atoms with van der Waals surface area (Å²) in [4.78, 5) is 10.4. The molecule has 0 saturated heterocycles. The van der Waals surface area contributed by atoms with Crippen molar-refractivity contribution < 1.29 is 4.79 Å². The Morgan fingerprint density at radius 3 is 3.07 bits per heavy atom. The summed E-state index contributed by atoms with van der Waals surface area (Å²) in [5.74, 6) is 0. The third kappa shape index (κ3) is 1.42. The van der Waals surface area contributed by atoms with E-state index in [0.717, 1.165) is 22.9 Å². The molecule has 1 aromatic heterocycles. The Morgan fingerprint density at radius 1 is 1.47 bits per heavy atom. The first-order valence-electron chi connectivity index (χ1n) is 5.16. The third-order valence-corrected chi connectivity index (χ3v) is 2.75. The maximum absolute atomic E-state index is 10.4. The second-order valence-corrected chi connectivity index (χ2v) is 3.96. The standard InChI is InChI=1S/C11H11N3O/c15-6-5-8-1-4-11-10(7-8)12-13-14(11)9-2-3-9/h1,4,6-7,9H,2-3,5H2. The minimum absolute atomic E-state index is 0.451. The van der Waals surface area contributed by atoms with Crippen LogP contribution in [-0.4, -0.2) is 21.3 Å². The molecule has 4 nitrogen and oxygen atoms in total. The molecule has 4 heteroatoms. The lowest BCUT2D eigenvalue weighted by Gasteiger charge is -1.98. The number of benzene rings is 1. The van der Waals surface area contributed by atoms with Crippen molar-refractivity contribution in [2.45, 2.75) is 25.3 Å². The molecular weight excluding hydrogens is 190 g/mol. The maximum Gasteiger partial charge on any atom is 0.124 e. The number of nitrogens with zero attached hydrogens (tertiary/aromatic N) is 3. The minimum atomic E-state index is 0.451. The van der Waals surface area contributed by atoms with E-state index in [9.17, 15) is 4.79 Å². The second-order valence-electron chi connectivity index (χ2n) is 3.96. The highest BCUT2D eigenvalue weighted by atomic mass is 16.1. The van der Waals surface area contributed by atoms with Crippen molar-refractivity contribution in [2.24, 2.45) is 0 Å². The van der Waals surface area contributed by atoms with E-state index in [-0.39, 0.29) is 0 Å². The van der Waals surface area contributed by atoms with Crippen molar-refractivity contribution in [3.8, 4) is 0 Å². The average molecular weight is 201 g/mol. The van der Waals surface area contributed by atoms with Gasteiger partial charge in [-0.15, -0.1) is 5.10 Å². The van der Waals surface area contributed by atoms with Crippen LogP contribution < -0.4 is 0 Å². The summed E-state index contributed by atoms with van der Waals surface area (Å²) >= 11 is 0. The number of hydrogen-bond donors (Lipinski definition) is 0. The first-order chi connectivity index (χ1) is 7.38. The van der Waals surface area contributed by atoms with Crippen molar-refractivity contribution in [2.75, 3.05) is 0 Å². The number of aromatic nitrogens is 3. The van der Waals surface area contributed by atoms with Crippen LogP contribution in [0.1, 0.15) is 24.4 Å². The predicted molar refractivity (Wildman–Crippen MR) is 55.6 cm³/mol. The summed E-state index contributed by atoms with van der Waals surface area (Å²) in [6.45, 7) is 0. The Labute approximate surface area is 86.9 Å². The van der Waals surface area contributed by atoms with Gasteiger partial charge in [-0.05, 0) is 30.5 Å². The van der Waals surface area contributed by atoms with E-state index in [1.54, 1.807) is 0 Å². The van der Waals surface area contributed by atoms with Gasteiger partial charge in [0.15, 0.2) is 0 Å². The van der Waals surface area contributed by atoms with Crippen LogP contribution in [0.2, 0.25) is 0 Å². The molecule has 0 bridgehead atoms. The number of aldehydes is 1. The second kappa shape index (κ2) is 3.15.